The molecule has 0 saturated carbocycles. The molecule has 0 aliphatic carbocycles. The molecule has 9 nitrogen and oxygen atoms in total. The second-order valence-electron chi connectivity index (χ2n) is 8.23. The van der Waals surface area contributed by atoms with Crippen LogP contribution < -0.4 is 10.2 Å². The number of carbonyl (C=O) groups excluding carboxylic acids is 2. The molecule has 154 valence electrons. The van der Waals surface area contributed by atoms with E-state index in [-0.39, 0.29) is 11.8 Å². The summed E-state index contributed by atoms with van der Waals surface area (Å²) in [7, 11) is 3.36. The molecule has 3 rings (SSSR count). The monoisotopic (exact) mass is 391 g/mol. The molecular formula is C19H29N5O4. The van der Waals surface area contributed by atoms with Gasteiger partial charge in [-0.05, 0) is 19.8 Å². The molecule has 2 aliphatic rings. The predicted molar refractivity (Wildman–Crippen MR) is 103 cm³/mol. The van der Waals surface area contributed by atoms with Gasteiger partial charge in [-0.2, -0.15) is 0 Å². The number of amides is 2. The minimum atomic E-state index is -1.02. The number of nitrogens with zero attached hydrogens (tertiary/aromatic N) is 4. The highest BCUT2D eigenvalue weighted by Gasteiger charge is 2.49. The Morgan fingerprint density at radius 3 is 2.57 bits per heavy atom. The Morgan fingerprint density at radius 1 is 1.32 bits per heavy atom. The molecule has 1 aromatic heterocycles. The van der Waals surface area contributed by atoms with E-state index < -0.39 is 17.2 Å². The maximum absolute atomic E-state index is 12.1. The van der Waals surface area contributed by atoms with E-state index in [2.05, 4.69) is 20.2 Å². The fourth-order valence-corrected chi connectivity index (χ4v) is 4.01. The van der Waals surface area contributed by atoms with Crippen LogP contribution in [0, 0.1) is 0 Å². The van der Waals surface area contributed by atoms with E-state index in [0.29, 0.717) is 37.6 Å². The van der Waals surface area contributed by atoms with Gasteiger partial charge in [0.05, 0.1) is 36.2 Å². The van der Waals surface area contributed by atoms with Crippen LogP contribution in [0.1, 0.15) is 43.6 Å². The van der Waals surface area contributed by atoms with Crippen molar-refractivity contribution in [3.63, 3.8) is 0 Å². The maximum Gasteiger partial charge on any atom is 0.273 e. The van der Waals surface area contributed by atoms with Crippen molar-refractivity contribution >= 4 is 17.6 Å². The highest BCUT2D eigenvalue weighted by molar-refractivity contribution is 5.91. The second kappa shape index (κ2) is 7.63. The lowest BCUT2D eigenvalue weighted by atomic mass is 9.75. The van der Waals surface area contributed by atoms with Crippen LogP contribution in [0.15, 0.2) is 12.4 Å². The molecular weight excluding hydrogens is 362 g/mol. The van der Waals surface area contributed by atoms with Crippen LogP contribution in [0.25, 0.3) is 0 Å². The molecule has 2 amide bonds. The summed E-state index contributed by atoms with van der Waals surface area (Å²) < 4.78 is 6.13. The molecule has 0 bridgehead atoms. The fourth-order valence-electron chi connectivity index (χ4n) is 4.01. The third-order valence-corrected chi connectivity index (χ3v) is 5.61. The van der Waals surface area contributed by atoms with Gasteiger partial charge in [0.1, 0.15) is 11.5 Å². The number of rotatable bonds is 3. The van der Waals surface area contributed by atoms with Crippen molar-refractivity contribution in [3.8, 4) is 0 Å². The van der Waals surface area contributed by atoms with E-state index >= 15 is 0 Å². The van der Waals surface area contributed by atoms with Crippen molar-refractivity contribution in [1.82, 2.24) is 20.2 Å². The average molecular weight is 391 g/mol. The number of aliphatic hydroxyl groups is 1. The number of aromatic nitrogens is 2. The summed E-state index contributed by atoms with van der Waals surface area (Å²) in [6.07, 6.45) is 5.05. The van der Waals surface area contributed by atoms with E-state index in [0.717, 1.165) is 12.8 Å². The smallest absolute Gasteiger partial charge is 0.273 e. The predicted octanol–water partition coefficient (Wildman–Crippen LogP) is 0.193. The van der Waals surface area contributed by atoms with Gasteiger partial charge < -0.3 is 25.0 Å². The molecule has 2 N–H and O–H groups in total. The van der Waals surface area contributed by atoms with Crippen LogP contribution in [0.2, 0.25) is 0 Å². The van der Waals surface area contributed by atoms with E-state index in [9.17, 15) is 14.7 Å². The van der Waals surface area contributed by atoms with E-state index in [1.807, 2.05) is 0 Å². The van der Waals surface area contributed by atoms with Gasteiger partial charge in [-0.3, -0.25) is 14.6 Å². The number of piperidine rings is 1. The second-order valence-corrected chi connectivity index (χ2v) is 8.23. The number of hydrogen-bond donors (Lipinski definition) is 2. The molecule has 0 unspecified atom stereocenters. The molecule has 2 atom stereocenters. The molecule has 0 aromatic carbocycles. The number of carbonyl (C=O) groups is 2. The van der Waals surface area contributed by atoms with Crippen LogP contribution in [-0.4, -0.2) is 82.8 Å². The van der Waals surface area contributed by atoms with E-state index in [1.54, 1.807) is 27.2 Å². The first-order chi connectivity index (χ1) is 13.1. The van der Waals surface area contributed by atoms with E-state index in [4.69, 9.17) is 4.74 Å². The van der Waals surface area contributed by atoms with Crippen molar-refractivity contribution in [2.45, 2.75) is 50.4 Å². The molecule has 2 aliphatic heterocycles. The lowest BCUT2D eigenvalue weighted by molar-refractivity contribution is -0.180. The van der Waals surface area contributed by atoms with Gasteiger partial charge in [-0.1, -0.05) is 0 Å². The van der Waals surface area contributed by atoms with Crippen LogP contribution in [0.4, 0.5) is 5.82 Å². The standard InChI is InChI=1S/C19H29N5O4/c1-13(25)21-15-11-28-19(12-18(15,2)27)5-7-24(8-6-19)16-10-20-9-14(22-16)17(26)23(3)4/h9-10,15,27H,5-8,11-12H2,1-4H3,(H,21,25)/t15-,18-/m0/s1. The van der Waals surface area contributed by atoms with Gasteiger partial charge in [0, 0.05) is 40.5 Å². The zero-order valence-corrected chi connectivity index (χ0v) is 16.9. The fraction of sp³-hybridized carbons (Fsp3) is 0.684. The summed E-state index contributed by atoms with van der Waals surface area (Å²) in [4.78, 5) is 35.7. The summed E-state index contributed by atoms with van der Waals surface area (Å²) in [6.45, 7) is 4.87. The van der Waals surface area contributed by atoms with Crippen molar-refractivity contribution in [3.05, 3.63) is 18.1 Å². The first kappa shape index (κ1) is 20.5. The zero-order chi connectivity index (χ0) is 20.5. The SMILES string of the molecule is CC(=O)N[C@H]1COC2(CCN(c3cncc(C(=O)N(C)C)n3)CC2)C[C@]1(C)O. The number of hydrogen-bond acceptors (Lipinski definition) is 7. The average Bonchev–Trinajstić information content (AvgIpc) is 2.63. The zero-order valence-electron chi connectivity index (χ0n) is 16.9. The topological polar surface area (TPSA) is 108 Å². The minimum Gasteiger partial charge on any atom is -0.388 e. The van der Waals surface area contributed by atoms with Gasteiger partial charge in [0.2, 0.25) is 5.91 Å². The van der Waals surface area contributed by atoms with Crippen LogP contribution in [0.5, 0.6) is 0 Å². The minimum absolute atomic E-state index is 0.176. The van der Waals surface area contributed by atoms with Gasteiger partial charge >= 0.3 is 0 Å². The number of nitrogens with one attached hydrogen (secondary N) is 1. The van der Waals surface area contributed by atoms with Crippen molar-refractivity contribution in [2.75, 3.05) is 38.7 Å². The van der Waals surface area contributed by atoms with Gasteiger partial charge in [-0.25, -0.2) is 4.98 Å². The lowest BCUT2D eigenvalue weighted by Gasteiger charge is -2.51. The Hall–Kier alpha value is -2.26. The van der Waals surface area contributed by atoms with Gasteiger partial charge in [-0.15, -0.1) is 0 Å². The summed E-state index contributed by atoms with van der Waals surface area (Å²) in [5, 5.41) is 13.6. The van der Waals surface area contributed by atoms with E-state index in [1.165, 1.54) is 18.0 Å². The Labute approximate surface area is 165 Å². The van der Waals surface area contributed by atoms with Gasteiger partial charge in [0.25, 0.3) is 5.91 Å². The Morgan fingerprint density at radius 2 is 2.00 bits per heavy atom. The van der Waals surface area contributed by atoms with Crippen LogP contribution in [0.3, 0.4) is 0 Å². The molecule has 28 heavy (non-hydrogen) atoms. The number of ether oxygens (including phenoxy) is 1. The highest BCUT2D eigenvalue weighted by atomic mass is 16.5. The Balaban J connectivity index is 1.66. The lowest BCUT2D eigenvalue weighted by Crippen LogP contribution is -2.63. The Kier molecular flexibility index (Phi) is 5.58. The molecule has 2 fully saturated rings. The molecule has 2 saturated heterocycles. The number of anilines is 1. The largest absolute Gasteiger partial charge is 0.388 e. The summed E-state index contributed by atoms with van der Waals surface area (Å²) in [6, 6.07) is -0.409. The maximum atomic E-state index is 12.1. The Bertz CT molecular complexity index is 744. The summed E-state index contributed by atoms with van der Waals surface area (Å²) in [5.74, 6) is 0.310. The normalized spacial score (nSPS) is 26.8. The van der Waals surface area contributed by atoms with Crippen LogP contribution >= 0.6 is 0 Å². The molecule has 9 heteroatoms. The molecule has 3 heterocycles. The van der Waals surface area contributed by atoms with Gasteiger partial charge in [0.15, 0.2) is 0 Å². The molecule has 1 spiro atoms. The van der Waals surface area contributed by atoms with Crippen molar-refractivity contribution < 1.29 is 19.4 Å². The third-order valence-electron chi connectivity index (χ3n) is 5.61. The highest BCUT2D eigenvalue weighted by Crippen LogP contribution is 2.40. The van der Waals surface area contributed by atoms with Crippen LogP contribution in [-0.2, 0) is 9.53 Å². The molecule has 1 aromatic rings. The first-order valence-electron chi connectivity index (χ1n) is 9.54. The summed E-state index contributed by atoms with van der Waals surface area (Å²) in [5.41, 5.74) is -1.12. The van der Waals surface area contributed by atoms with Crippen molar-refractivity contribution in [2.24, 2.45) is 0 Å². The van der Waals surface area contributed by atoms with Crippen molar-refractivity contribution in [1.29, 1.82) is 0 Å². The third kappa shape index (κ3) is 4.25. The summed E-state index contributed by atoms with van der Waals surface area (Å²) >= 11 is 0. The first-order valence-corrected chi connectivity index (χ1v) is 9.54. The molecule has 0 radical (unpaired) electrons. The quantitative estimate of drug-likeness (QED) is 0.757.